The van der Waals surface area contributed by atoms with Gasteiger partial charge in [-0.25, -0.2) is 24.2 Å². The van der Waals surface area contributed by atoms with Crippen LogP contribution in [0, 0.1) is 17.8 Å². The highest BCUT2D eigenvalue weighted by Crippen LogP contribution is 2.52. The molecule has 1 saturated carbocycles. The first-order valence-corrected chi connectivity index (χ1v) is 18.8. The fourth-order valence-electron chi connectivity index (χ4n) is 6.24. The van der Waals surface area contributed by atoms with E-state index in [0.29, 0.717) is 38.2 Å². The molecule has 2 aliphatic rings. The molecular formula is C34H43ClF3N7O6S. The van der Waals surface area contributed by atoms with Gasteiger partial charge in [-0.05, 0) is 103 Å². The molecule has 52 heavy (non-hydrogen) atoms. The molecule has 3 atom stereocenters. The SMILES string of the molecule is CC(C)(C)OC(=O)N1CC(CCNc2cccc(S(=O)(=O)NC(=O)c3ccc(-n4ccc(OCCCC5CC5C(F)(F)F)n4)nc3Cl)n2)CC1(C)C. The molecular weight excluding hydrogens is 727 g/mol. The number of anilines is 1. The van der Waals surface area contributed by atoms with E-state index in [0.717, 1.165) is 6.42 Å². The van der Waals surface area contributed by atoms with Crippen LogP contribution in [-0.4, -0.2) is 82.1 Å². The summed E-state index contributed by atoms with van der Waals surface area (Å²) in [6, 6.07) is 8.62. The number of likely N-dealkylation sites (tertiary alicyclic amines) is 1. The first kappa shape index (κ1) is 39.1. The minimum absolute atomic E-state index is 0.159. The van der Waals surface area contributed by atoms with Crippen molar-refractivity contribution in [2.24, 2.45) is 17.8 Å². The highest BCUT2D eigenvalue weighted by molar-refractivity contribution is 7.90. The summed E-state index contributed by atoms with van der Waals surface area (Å²) in [5.41, 5.74) is -1.18. The predicted octanol–water partition coefficient (Wildman–Crippen LogP) is 6.63. The third-order valence-electron chi connectivity index (χ3n) is 8.85. The molecule has 0 aromatic carbocycles. The number of aromatic nitrogens is 4. The van der Waals surface area contributed by atoms with Crippen LogP contribution in [0.4, 0.5) is 23.8 Å². The van der Waals surface area contributed by atoms with Crippen LogP contribution < -0.4 is 14.8 Å². The second-order valence-electron chi connectivity index (χ2n) is 14.7. The second-order valence-corrected chi connectivity index (χ2v) is 16.7. The fraction of sp³-hybridized carbons (Fsp3) is 0.559. The van der Waals surface area contributed by atoms with Gasteiger partial charge >= 0.3 is 12.3 Å². The Balaban J connectivity index is 1.11. The molecule has 0 radical (unpaired) electrons. The van der Waals surface area contributed by atoms with Gasteiger partial charge in [0.1, 0.15) is 16.6 Å². The Kier molecular flexibility index (Phi) is 11.3. The molecule has 3 aromatic rings. The van der Waals surface area contributed by atoms with Crippen LogP contribution in [0.3, 0.4) is 0 Å². The molecule has 5 rings (SSSR count). The van der Waals surface area contributed by atoms with E-state index >= 15 is 0 Å². The topological polar surface area (TPSA) is 158 Å². The third kappa shape index (κ3) is 10.1. The molecule has 284 valence electrons. The summed E-state index contributed by atoms with van der Waals surface area (Å²) < 4.78 is 78.8. The van der Waals surface area contributed by atoms with Crippen molar-refractivity contribution in [2.75, 3.05) is 25.0 Å². The maximum Gasteiger partial charge on any atom is 0.410 e. The van der Waals surface area contributed by atoms with Crippen molar-refractivity contribution in [3.8, 4) is 11.7 Å². The van der Waals surface area contributed by atoms with Crippen LogP contribution in [0.2, 0.25) is 5.15 Å². The van der Waals surface area contributed by atoms with Gasteiger partial charge in [0, 0.05) is 30.9 Å². The number of halogens is 4. The summed E-state index contributed by atoms with van der Waals surface area (Å²) in [4.78, 5) is 35.8. The number of sulfonamides is 1. The van der Waals surface area contributed by atoms with Crippen molar-refractivity contribution < 1.29 is 40.7 Å². The Morgan fingerprint density at radius 2 is 1.83 bits per heavy atom. The zero-order valence-corrected chi connectivity index (χ0v) is 31.1. The average Bonchev–Trinajstić information content (AvgIpc) is 3.56. The minimum Gasteiger partial charge on any atom is -0.477 e. The molecule has 1 aliphatic heterocycles. The van der Waals surface area contributed by atoms with Crippen molar-refractivity contribution >= 4 is 39.4 Å². The van der Waals surface area contributed by atoms with Crippen molar-refractivity contribution in [1.29, 1.82) is 0 Å². The minimum atomic E-state index is -4.40. The van der Waals surface area contributed by atoms with Gasteiger partial charge in [-0.15, -0.1) is 5.10 Å². The molecule has 4 heterocycles. The quantitative estimate of drug-likeness (QED) is 0.143. The maximum absolute atomic E-state index is 13.1. The van der Waals surface area contributed by atoms with E-state index in [1.54, 1.807) is 17.0 Å². The lowest BCUT2D eigenvalue weighted by atomic mass is 9.94. The molecule has 2 fully saturated rings. The Hall–Kier alpha value is -4.12. The smallest absolute Gasteiger partial charge is 0.410 e. The summed E-state index contributed by atoms with van der Waals surface area (Å²) in [6.45, 7) is 10.7. The van der Waals surface area contributed by atoms with Crippen molar-refractivity contribution in [3.63, 3.8) is 0 Å². The number of nitrogens with zero attached hydrogens (tertiary/aromatic N) is 5. The van der Waals surface area contributed by atoms with E-state index in [2.05, 4.69) is 20.4 Å². The van der Waals surface area contributed by atoms with Crippen LogP contribution in [0.5, 0.6) is 5.88 Å². The number of pyridine rings is 2. The average molecular weight is 770 g/mol. The lowest BCUT2D eigenvalue weighted by Gasteiger charge is -2.33. The largest absolute Gasteiger partial charge is 0.477 e. The molecule has 3 aromatic heterocycles. The zero-order chi connectivity index (χ0) is 38.1. The molecule has 0 bridgehead atoms. The third-order valence-corrected chi connectivity index (χ3v) is 10.4. The first-order valence-electron chi connectivity index (χ1n) is 16.9. The van der Waals surface area contributed by atoms with E-state index in [-0.39, 0.29) is 63.9 Å². The Bertz CT molecular complexity index is 1880. The van der Waals surface area contributed by atoms with Gasteiger partial charge in [0.2, 0.25) is 5.88 Å². The monoisotopic (exact) mass is 769 g/mol. The van der Waals surface area contributed by atoms with Crippen LogP contribution in [0.25, 0.3) is 5.82 Å². The van der Waals surface area contributed by atoms with Gasteiger partial charge in [-0.2, -0.15) is 21.6 Å². The summed E-state index contributed by atoms with van der Waals surface area (Å²) in [5, 5.41) is 6.69. The fourth-order valence-corrected chi connectivity index (χ4v) is 7.41. The van der Waals surface area contributed by atoms with E-state index in [1.807, 2.05) is 39.3 Å². The molecule has 1 aliphatic carbocycles. The lowest BCUT2D eigenvalue weighted by Crippen LogP contribution is -2.45. The number of carbonyl (C=O) groups is 2. The van der Waals surface area contributed by atoms with E-state index in [1.165, 1.54) is 35.1 Å². The highest BCUT2D eigenvalue weighted by Gasteiger charge is 2.54. The standard InChI is InChI=1S/C34H43ClF3N7O6S/c1-32(2,3)51-31(47)44-20-21(19-33(44,4)5)13-15-39-25-9-6-10-28(40-25)52(48,49)43-30(46)23-11-12-26(41-29(23)35)45-16-14-27(42-45)50-17-7-8-22-18-24(22)34(36,37)38/h6,9-12,14,16,21-22,24H,7-8,13,15,17-20H2,1-5H3,(H,39,40)(H,43,46). The summed E-state index contributed by atoms with van der Waals surface area (Å²) in [7, 11) is -4.40. The van der Waals surface area contributed by atoms with E-state index in [4.69, 9.17) is 21.1 Å². The number of hydrogen-bond acceptors (Lipinski definition) is 10. The number of hydrogen-bond donors (Lipinski definition) is 2. The summed E-state index contributed by atoms with van der Waals surface area (Å²) in [6.07, 6.45) is -0.473. The number of nitrogens with one attached hydrogen (secondary N) is 2. The van der Waals surface area contributed by atoms with Gasteiger partial charge < -0.3 is 19.7 Å². The maximum atomic E-state index is 13.1. The predicted molar refractivity (Wildman–Crippen MR) is 186 cm³/mol. The van der Waals surface area contributed by atoms with Crippen LogP contribution in [0.1, 0.15) is 77.1 Å². The molecule has 13 nitrogen and oxygen atoms in total. The molecule has 2 N–H and O–H groups in total. The van der Waals surface area contributed by atoms with Gasteiger partial charge in [0.15, 0.2) is 10.8 Å². The van der Waals surface area contributed by atoms with Gasteiger partial charge in [-0.1, -0.05) is 17.7 Å². The number of amides is 2. The number of alkyl halides is 3. The molecule has 3 unspecified atom stereocenters. The van der Waals surface area contributed by atoms with E-state index in [9.17, 15) is 31.2 Å². The summed E-state index contributed by atoms with van der Waals surface area (Å²) >= 11 is 6.27. The van der Waals surface area contributed by atoms with Crippen LogP contribution in [0.15, 0.2) is 47.6 Å². The van der Waals surface area contributed by atoms with Crippen molar-refractivity contribution in [3.05, 3.63) is 53.3 Å². The molecule has 18 heteroatoms. The molecule has 0 spiro atoms. The molecule has 2 amide bonds. The van der Waals surface area contributed by atoms with Crippen molar-refractivity contribution in [2.45, 2.75) is 89.1 Å². The zero-order valence-electron chi connectivity index (χ0n) is 29.5. The van der Waals surface area contributed by atoms with Crippen LogP contribution in [-0.2, 0) is 14.8 Å². The second kappa shape index (κ2) is 15.1. The summed E-state index contributed by atoms with van der Waals surface area (Å²) in [5.74, 6) is -1.67. The number of ether oxygens (including phenoxy) is 2. The normalized spacial score (nSPS) is 20.0. The number of rotatable bonds is 13. The van der Waals surface area contributed by atoms with Gasteiger partial charge in [0.25, 0.3) is 15.9 Å². The lowest BCUT2D eigenvalue weighted by molar-refractivity contribution is -0.151. The number of carbonyl (C=O) groups excluding carboxylic acids is 2. The Labute approximate surface area is 305 Å². The first-order chi connectivity index (χ1) is 24.2. The Morgan fingerprint density at radius 1 is 1.08 bits per heavy atom. The van der Waals surface area contributed by atoms with E-state index < -0.39 is 33.6 Å². The van der Waals surface area contributed by atoms with Gasteiger partial charge in [0.05, 0.1) is 18.1 Å². The van der Waals surface area contributed by atoms with Gasteiger partial charge in [-0.3, -0.25) is 4.79 Å². The Morgan fingerprint density at radius 3 is 2.50 bits per heavy atom. The van der Waals surface area contributed by atoms with Crippen molar-refractivity contribution in [1.82, 2.24) is 29.4 Å². The molecule has 1 saturated heterocycles. The van der Waals surface area contributed by atoms with Crippen LogP contribution >= 0.6 is 11.6 Å². The highest BCUT2D eigenvalue weighted by atomic mass is 35.5.